The molecule has 0 spiro atoms. The largest absolute Gasteiger partial charge is 0.384 e. The summed E-state index contributed by atoms with van der Waals surface area (Å²) in [6.45, 7) is 0. The lowest BCUT2D eigenvalue weighted by Crippen LogP contribution is -2.00. The zero-order chi connectivity index (χ0) is 11.8. The molecule has 0 aliphatic heterocycles. The summed E-state index contributed by atoms with van der Waals surface area (Å²) in [7, 11) is 0. The first-order chi connectivity index (χ1) is 8.22. The van der Waals surface area contributed by atoms with Gasteiger partial charge in [-0.1, -0.05) is 12.1 Å². The molecule has 4 heteroatoms. The van der Waals surface area contributed by atoms with E-state index in [1.165, 1.54) is 12.1 Å². The smallest absolute Gasteiger partial charge is 0.134 e. The number of nitrogen functional groups attached to an aromatic ring is 1. The molecule has 1 aromatic heterocycles. The third-order valence-electron chi connectivity index (χ3n) is 2.83. The fourth-order valence-electron chi connectivity index (χ4n) is 1.81. The van der Waals surface area contributed by atoms with E-state index in [2.05, 4.69) is 9.97 Å². The Hall–Kier alpha value is -1.97. The van der Waals surface area contributed by atoms with Crippen LogP contribution in [0.1, 0.15) is 24.6 Å². The number of rotatable bonds is 2. The molecule has 1 aromatic carbocycles. The van der Waals surface area contributed by atoms with Gasteiger partial charge in [-0.3, -0.25) is 0 Å². The molecule has 0 saturated heterocycles. The highest BCUT2D eigenvalue weighted by Gasteiger charge is 2.27. The van der Waals surface area contributed by atoms with Crippen molar-refractivity contribution in [2.24, 2.45) is 0 Å². The first-order valence-electron chi connectivity index (χ1n) is 5.63. The summed E-state index contributed by atoms with van der Waals surface area (Å²) in [4.78, 5) is 8.67. The minimum atomic E-state index is -0.271. The zero-order valence-electron chi connectivity index (χ0n) is 9.23. The van der Waals surface area contributed by atoms with Crippen LogP contribution in [0, 0.1) is 5.82 Å². The van der Waals surface area contributed by atoms with Gasteiger partial charge in [-0.25, -0.2) is 14.4 Å². The lowest BCUT2D eigenvalue weighted by Gasteiger charge is -2.05. The van der Waals surface area contributed by atoms with Crippen molar-refractivity contribution in [3.63, 3.8) is 0 Å². The molecule has 0 amide bonds. The average molecular weight is 229 g/mol. The van der Waals surface area contributed by atoms with Crippen molar-refractivity contribution in [3.05, 3.63) is 42.0 Å². The summed E-state index contributed by atoms with van der Waals surface area (Å²) < 4.78 is 13.2. The second kappa shape index (κ2) is 3.80. The Morgan fingerprint density at radius 2 is 2.00 bits per heavy atom. The fraction of sp³-hybridized carbons (Fsp3) is 0.231. The number of benzene rings is 1. The Labute approximate surface area is 98.5 Å². The summed E-state index contributed by atoms with van der Waals surface area (Å²) in [5, 5.41) is 0. The maximum absolute atomic E-state index is 13.2. The van der Waals surface area contributed by atoms with Crippen LogP contribution in [0.3, 0.4) is 0 Å². The molecule has 2 aromatic rings. The Morgan fingerprint density at radius 3 is 2.71 bits per heavy atom. The highest BCUT2D eigenvalue weighted by Crippen LogP contribution is 2.38. The van der Waals surface area contributed by atoms with E-state index in [-0.39, 0.29) is 5.82 Å². The van der Waals surface area contributed by atoms with E-state index < -0.39 is 0 Å². The molecular weight excluding hydrogens is 217 g/mol. The van der Waals surface area contributed by atoms with Gasteiger partial charge in [0.15, 0.2) is 0 Å². The van der Waals surface area contributed by atoms with Crippen molar-refractivity contribution < 1.29 is 4.39 Å². The van der Waals surface area contributed by atoms with Gasteiger partial charge in [-0.15, -0.1) is 0 Å². The van der Waals surface area contributed by atoms with Gasteiger partial charge in [0.25, 0.3) is 0 Å². The molecule has 17 heavy (non-hydrogen) atoms. The van der Waals surface area contributed by atoms with E-state index in [9.17, 15) is 4.39 Å². The molecule has 3 nitrogen and oxygen atoms in total. The molecule has 1 saturated carbocycles. The van der Waals surface area contributed by atoms with Crippen LogP contribution in [0.4, 0.5) is 10.2 Å². The number of hydrogen-bond acceptors (Lipinski definition) is 3. The molecule has 0 radical (unpaired) electrons. The maximum Gasteiger partial charge on any atom is 0.134 e. The van der Waals surface area contributed by atoms with Gasteiger partial charge < -0.3 is 5.73 Å². The van der Waals surface area contributed by atoms with Crippen LogP contribution >= 0.6 is 0 Å². The lowest BCUT2D eigenvalue weighted by molar-refractivity contribution is 0.628. The minimum absolute atomic E-state index is 0.271. The lowest BCUT2D eigenvalue weighted by atomic mass is 10.1. The van der Waals surface area contributed by atoms with Gasteiger partial charge >= 0.3 is 0 Å². The molecule has 3 rings (SSSR count). The quantitative estimate of drug-likeness (QED) is 0.861. The summed E-state index contributed by atoms with van der Waals surface area (Å²) in [6.07, 6.45) is 2.23. The SMILES string of the molecule is Nc1cc(-c2cccc(F)c2)nc(C2CC2)n1. The number of anilines is 1. The van der Waals surface area contributed by atoms with Crippen molar-refractivity contribution in [1.29, 1.82) is 0 Å². The van der Waals surface area contributed by atoms with Crippen LogP contribution in [-0.4, -0.2) is 9.97 Å². The van der Waals surface area contributed by atoms with Crippen molar-refractivity contribution in [3.8, 4) is 11.3 Å². The topological polar surface area (TPSA) is 51.8 Å². The third-order valence-corrected chi connectivity index (χ3v) is 2.83. The van der Waals surface area contributed by atoms with Crippen LogP contribution in [0.2, 0.25) is 0 Å². The van der Waals surface area contributed by atoms with Gasteiger partial charge in [0.1, 0.15) is 17.5 Å². The Kier molecular flexibility index (Phi) is 2.28. The number of nitrogens with zero attached hydrogens (tertiary/aromatic N) is 2. The molecule has 0 atom stereocenters. The van der Waals surface area contributed by atoms with Crippen LogP contribution in [0.25, 0.3) is 11.3 Å². The first kappa shape index (κ1) is 10.2. The maximum atomic E-state index is 13.2. The highest BCUT2D eigenvalue weighted by atomic mass is 19.1. The highest BCUT2D eigenvalue weighted by molar-refractivity contribution is 5.61. The molecular formula is C13H12FN3. The van der Waals surface area contributed by atoms with Crippen LogP contribution in [0.15, 0.2) is 30.3 Å². The van der Waals surface area contributed by atoms with E-state index in [0.29, 0.717) is 17.4 Å². The van der Waals surface area contributed by atoms with Gasteiger partial charge in [0, 0.05) is 17.5 Å². The van der Waals surface area contributed by atoms with Crippen LogP contribution in [-0.2, 0) is 0 Å². The van der Waals surface area contributed by atoms with Gasteiger partial charge in [-0.05, 0) is 25.0 Å². The molecule has 1 fully saturated rings. The van der Waals surface area contributed by atoms with Gasteiger partial charge in [0.2, 0.25) is 0 Å². The Morgan fingerprint density at radius 1 is 1.18 bits per heavy atom. The molecule has 0 unspecified atom stereocenters. The van der Waals surface area contributed by atoms with E-state index in [1.807, 2.05) is 6.07 Å². The predicted octanol–water partition coefficient (Wildman–Crippen LogP) is 2.74. The molecule has 1 aliphatic rings. The summed E-state index contributed by atoms with van der Waals surface area (Å²) >= 11 is 0. The van der Waals surface area contributed by atoms with Crippen molar-refractivity contribution in [2.75, 3.05) is 5.73 Å². The summed E-state index contributed by atoms with van der Waals surface area (Å²) in [5.41, 5.74) is 7.19. The number of halogens is 1. The minimum Gasteiger partial charge on any atom is -0.384 e. The van der Waals surface area contributed by atoms with E-state index in [4.69, 9.17) is 5.73 Å². The Balaban J connectivity index is 2.07. The first-order valence-corrected chi connectivity index (χ1v) is 5.63. The number of hydrogen-bond donors (Lipinski definition) is 1. The molecule has 0 bridgehead atoms. The van der Waals surface area contributed by atoms with Crippen LogP contribution < -0.4 is 5.73 Å². The van der Waals surface area contributed by atoms with Gasteiger partial charge in [-0.2, -0.15) is 0 Å². The average Bonchev–Trinajstić information content (AvgIpc) is 3.12. The number of nitrogens with two attached hydrogens (primary N) is 1. The van der Waals surface area contributed by atoms with Crippen molar-refractivity contribution >= 4 is 5.82 Å². The normalized spacial score (nSPS) is 14.9. The molecule has 1 aliphatic carbocycles. The Bertz CT molecular complexity index is 564. The summed E-state index contributed by atoms with van der Waals surface area (Å²) in [5.74, 6) is 1.39. The zero-order valence-corrected chi connectivity index (χ0v) is 9.23. The standard InChI is InChI=1S/C13H12FN3/c14-10-3-1-2-9(6-10)11-7-12(15)17-13(16-11)8-4-5-8/h1-3,6-8H,4-5H2,(H2,15,16,17). The van der Waals surface area contributed by atoms with Crippen molar-refractivity contribution in [2.45, 2.75) is 18.8 Å². The van der Waals surface area contributed by atoms with Crippen LogP contribution in [0.5, 0.6) is 0 Å². The molecule has 86 valence electrons. The third kappa shape index (κ3) is 2.11. The monoisotopic (exact) mass is 229 g/mol. The van der Waals surface area contributed by atoms with E-state index >= 15 is 0 Å². The second-order valence-corrected chi connectivity index (χ2v) is 4.32. The molecule has 2 N–H and O–H groups in total. The fourth-order valence-corrected chi connectivity index (χ4v) is 1.81. The summed E-state index contributed by atoms with van der Waals surface area (Å²) in [6, 6.07) is 8.04. The van der Waals surface area contributed by atoms with Crippen molar-refractivity contribution in [1.82, 2.24) is 9.97 Å². The predicted molar refractivity (Wildman–Crippen MR) is 63.8 cm³/mol. The second-order valence-electron chi connectivity index (χ2n) is 4.32. The van der Waals surface area contributed by atoms with E-state index in [1.54, 1.807) is 12.1 Å². The molecule has 1 heterocycles. The van der Waals surface area contributed by atoms with E-state index in [0.717, 1.165) is 24.2 Å². The number of aromatic nitrogens is 2. The van der Waals surface area contributed by atoms with Gasteiger partial charge in [0.05, 0.1) is 5.69 Å².